The Morgan fingerprint density at radius 2 is 2.03 bits per heavy atom. The summed E-state index contributed by atoms with van der Waals surface area (Å²) in [4.78, 5) is 14.9. The highest BCUT2D eigenvalue weighted by Crippen LogP contribution is 2.39. The van der Waals surface area contributed by atoms with E-state index in [0.717, 1.165) is 23.4 Å². The summed E-state index contributed by atoms with van der Waals surface area (Å²) in [5.74, 6) is -0.462. The van der Waals surface area contributed by atoms with E-state index in [2.05, 4.69) is 50.1 Å². The van der Waals surface area contributed by atoms with E-state index < -0.39 is 5.91 Å². The molecule has 2 aromatic rings. The molecule has 148 valence electrons. The molecule has 0 saturated heterocycles. The van der Waals surface area contributed by atoms with Crippen LogP contribution in [0.4, 0.5) is 11.4 Å². The van der Waals surface area contributed by atoms with Crippen molar-refractivity contribution >= 4 is 40.5 Å². The van der Waals surface area contributed by atoms with E-state index >= 15 is 0 Å². The van der Waals surface area contributed by atoms with E-state index in [9.17, 15) is 10.1 Å². The number of amides is 1. The average molecular weight is 406 g/mol. The van der Waals surface area contributed by atoms with Gasteiger partial charge in [-0.2, -0.15) is 5.26 Å². The van der Waals surface area contributed by atoms with Crippen molar-refractivity contribution in [2.45, 2.75) is 33.2 Å². The number of fused-ring (bicyclic) bond motifs is 1. The summed E-state index contributed by atoms with van der Waals surface area (Å²) in [6.45, 7) is 9.53. The first kappa shape index (κ1) is 20.7. The van der Waals surface area contributed by atoms with Gasteiger partial charge in [0.05, 0.1) is 5.54 Å². The molecule has 5 heteroatoms. The first-order valence-electron chi connectivity index (χ1n) is 9.55. The van der Waals surface area contributed by atoms with Gasteiger partial charge in [0, 0.05) is 28.5 Å². The zero-order chi connectivity index (χ0) is 21.2. The van der Waals surface area contributed by atoms with Gasteiger partial charge in [-0.05, 0) is 75.2 Å². The van der Waals surface area contributed by atoms with E-state index in [4.69, 9.17) is 11.6 Å². The lowest BCUT2D eigenvalue weighted by Gasteiger charge is -2.42. The molecule has 1 aliphatic heterocycles. The van der Waals surface area contributed by atoms with E-state index in [1.54, 1.807) is 30.3 Å². The summed E-state index contributed by atoms with van der Waals surface area (Å²) in [5, 5.41) is 12.7. The fourth-order valence-electron chi connectivity index (χ4n) is 3.85. The minimum atomic E-state index is -0.462. The molecule has 1 heterocycles. The number of benzene rings is 2. The maximum absolute atomic E-state index is 12.5. The molecule has 0 aromatic heterocycles. The number of carbonyl (C=O) groups excluding carboxylic acids is 1. The van der Waals surface area contributed by atoms with Gasteiger partial charge in [0.25, 0.3) is 5.91 Å². The van der Waals surface area contributed by atoms with Gasteiger partial charge < -0.3 is 10.2 Å². The molecule has 0 radical (unpaired) electrons. The molecule has 0 saturated carbocycles. The number of likely N-dealkylation sites (N-methyl/N-ethyl adjacent to an activating group) is 1. The molecule has 1 aliphatic rings. The Bertz CT molecular complexity index is 1060. The van der Waals surface area contributed by atoms with Gasteiger partial charge in [-0.25, -0.2) is 0 Å². The van der Waals surface area contributed by atoms with Crippen LogP contribution in [0.5, 0.6) is 0 Å². The fourth-order valence-corrected chi connectivity index (χ4v) is 4.04. The Labute approximate surface area is 177 Å². The zero-order valence-corrected chi connectivity index (χ0v) is 17.8. The molecule has 0 fully saturated rings. The second-order valence-corrected chi connectivity index (χ2v) is 8.07. The normalized spacial score (nSPS) is 15.2. The van der Waals surface area contributed by atoms with Crippen LogP contribution in [0.15, 0.2) is 54.1 Å². The lowest BCUT2D eigenvalue weighted by Crippen LogP contribution is -2.44. The van der Waals surface area contributed by atoms with Crippen LogP contribution in [0, 0.1) is 11.3 Å². The molecule has 4 nitrogen and oxygen atoms in total. The lowest BCUT2D eigenvalue weighted by molar-refractivity contribution is -0.112. The van der Waals surface area contributed by atoms with Crippen molar-refractivity contribution in [3.8, 4) is 6.07 Å². The van der Waals surface area contributed by atoms with E-state index in [0.29, 0.717) is 10.7 Å². The molecule has 29 heavy (non-hydrogen) atoms. The minimum absolute atomic E-state index is 0.0371. The third-order valence-electron chi connectivity index (χ3n) is 5.08. The number of carbonyl (C=O) groups is 1. The number of hydrogen-bond donors (Lipinski definition) is 1. The van der Waals surface area contributed by atoms with Crippen molar-refractivity contribution in [3.63, 3.8) is 0 Å². The molecule has 0 aliphatic carbocycles. The molecule has 1 amide bonds. The van der Waals surface area contributed by atoms with Gasteiger partial charge in [0.2, 0.25) is 0 Å². The molecular formula is C24H24ClN3O. The Morgan fingerprint density at radius 1 is 1.28 bits per heavy atom. The van der Waals surface area contributed by atoms with Gasteiger partial charge in [-0.3, -0.25) is 4.79 Å². The van der Waals surface area contributed by atoms with Gasteiger partial charge in [0.15, 0.2) is 0 Å². The molecule has 1 N–H and O–H groups in total. The molecular weight excluding hydrogens is 382 g/mol. The van der Waals surface area contributed by atoms with Crippen molar-refractivity contribution in [1.29, 1.82) is 5.26 Å². The zero-order valence-electron chi connectivity index (χ0n) is 17.1. The van der Waals surface area contributed by atoms with Crippen LogP contribution in [0.1, 0.15) is 38.8 Å². The van der Waals surface area contributed by atoms with Crippen LogP contribution in [0.25, 0.3) is 11.6 Å². The maximum Gasteiger partial charge on any atom is 0.266 e. The van der Waals surface area contributed by atoms with Gasteiger partial charge in [-0.1, -0.05) is 29.8 Å². The smallest absolute Gasteiger partial charge is 0.266 e. The topological polar surface area (TPSA) is 56.1 Å². The fraction of sp³-hybridized carbons (Fsp3) is 0.250. The molecule has 0 atom stereocenters. The van der Waals surface area contributed by atoms with E-state index in [1.165, 1.54) is 5.57 Å². The second-order valence-electron chi connectivity index (χ2n) is 7.64. The molecule has 0 unspecified atom stereocenters. The number of halogens is 1. The second kappa shape index (κ2) is 8.14. The predicted octanol–water partition coefficient (Wildman–Crippen LogP) is 5.91. The van der Waals surface area contributed by atoms with Crippen molar-refractivity contribution in [1.82, 2.24) is 0 Å². The van der Waals surface area contributed by atoms with Crippen LogP contribution in [-0.2, 0) is 4.79 Å². The third-order valence-corrected chi connectivity index (χ3v) is 5.31. The number of nitrogens with zero attached hydrogens (tertiary/aromatic N) is 2. The summed E-state index contributed by atoms with van der Waals surface area (Å²) in [6, 6.07) is 14.9. The standard InChI is InChI=1S/C24H24ClN3O/c1-5-28-22-10-9-17(12-21(22)16(2)14-24(28,3)4)11-18(15-26)23(29)27-20-8-6-7-19(25)13-20/h6-14H,5H2,1-4H3,(H,27,29)/b18-11-. The molecule has 0 bridgehead atoms. The highest BCUT2D eigenvalue weighted by molar-refractivity contribution is 6.31. The van der Waals surface area contributed by atoms with Gasteiger partial charge >= 0.3 is 0 Å². The molecule has 3 rings (SSSR count). The van der Waals surface area contributed by atoms with Crippen molar-refractivity contribution in [3.05, 3.63) is 70.3 Å². The third kappa shape index (κ3) is 4.36. The van der Waals surface area contributed by atoms with E-state index in [1.807, 2.05) is 18.2 Å². The number of anilines is 2. The summed E-state index contributed by atoms with van der Waals surface area (Å²) in [6.07, 6.45) is 3.87. The van der Waals surface area contributed by atoms with Crippen molar-refractivity contribution < 1.29 is 4.79 Å². The number of hydrogen-bond acceptors (Lipinski definition) is 3. The van der Waals surface area contributed by atoms with Gasteiger partial charge in [0.1, 0.15) is 11.6 Å². The summed E-state index contributed by atoms with van der Waals surface area (Å²) in [7, 11) is 0. The molecule has 0 spiro atoms. The summed E-state index contributed by atoms with van der Waals surface area (Å²) in [5.41, 5.74) is 4.81. The van der Waals surface area contributed by atoms with E-state index in [-0.39, 0.29) is 11.1 Å². The van der Waals surface area contributed by atoms with Crippen LogP contribution < -0.4 is 10.2 Å². The largest absolute Gasteiger partial charge is 0.363 e. The molecule has 2 aromatic carbocycles. The number of nitriles is 1. The highest BCUT2D eigenvalue weighted by atomic mass is 35.5. The van der Waals surface area contributed by atoms with Crippen LogP contribution in [0.2, 0.25) is 5.02 Å². The first-order valence-corrected chi connectivity index (χ1v) is 9.93. The van der Waals surface area contributed by atoms with Crippen molar-refractivity contribution in [2.75, 3.05) is 16.8 Å². The highest BCUT2D eigenvalue weighted by Gasteiger charge is 2.30. The lowest BCUT2D eigenvalue weighted by atomic mass is 9.88. The Morgan fingerprint density at radius 3 is 2.69 bits per heavy atom. The number of nitrogens with one attached hydrogen (secondary N) is 1. The van der Waals surface area contributed by atoms with Crippen LogP contribution in [0.3, 0.4) is 0 Å². The first-order chi connectivity index (χ1) is 13.7. The maximum atomic E-state index is 12.5. The SMILES string of the molecule is CCN1c2ccc(/C=C(/C#N)C(=O)Nc3cccc(Cl)c3)cc2C(C)=CC1(C)C. The Balaban J connectivity index is 1.92. The summed E-state index contributed by atoms with van der Waals surface area (Å²) >= 11 is 5.96. The Kier molecular flexibility index (Phi) is 5.81. The Hall–Kier alpha value is -3.03. The van der Waals surface area contributed by atoms with Gasteiger partial charge in [-0.15, -0.1) is 0 Å². The minimum Gasteiger partial charge on any atom is -0.363 e. The average Bonchev–Trinajstić information content (AvgIpc) is 2.66. The number of rotatable bonds is 4. The quantitative estimate of drug-likeness (QED) is 0.508. The van der Waals surface area contributed by atoms with Crippen LogP contribution in [-0.4, -0.2) is 18.0 Å². The predicted molar refractivity (Wildman–Crippen MR) is 121 cm³/mol. The summed E-state index contributed by atoms with van der Waals surface area (Å²) < 4.78 is 0. The number of allylic oxidation sites excluding steroid dienone is 1. The monoisotopic (exact) mass is 405 g/mol. The van der Waals surface area contributed by atoms with Crippen LogP contribution >= 0.6 is 11.6 Å². The van der Waals surface area contributed by atoms with Crippen molar-refractivity contribution in [2.24, 2.45) is 0 Å².